The third kappa shape index (κ3) is 6.27. The Morgan fingerprint density at radius 2 is 1.93 bits per heavy atom. The summed E-state index contributed by atoms with van der Waals surface area (Å²) >= 11 is 0. The van der Waals surface area contributed by atoms with E-state index < -0.39 is 0 Å². The van der Waals surface area contributed by atoms with Crippen LogP contribution in [0.15, 0.2) is 53.2 Å². The smallest absolute Gasteiger partial charge is 0.127 e. The molecule has 0 N–H and O–H groups in total. The van der Waals surface area contributed by atoms with Crippen molar-refractivity contribution in [2.75, 3.05) is 39.3 Å². The lowest BCUT2D eigenvalue weighted by Gasteiger charge is -2.35. The van der Waals surface area contributed by atoms with Gasteiger partial charge in [0, 0.05) is 38.3 Å². The predicted molar refractivity (Wildman–Crippen MR) is 118 cm³/mol. The molecule has 2 fully saturated rings. The highest BCUT2D eigenvalue weighted by atomic mass is 19.1. The molecule has 0 spiro atoms. The number of nitrogens with zero attached hydrogens (tertiary/aromatic N) is 2. The Morgan fingerprint density at radius 1 is 1.07 bits per heavy atom. The fourth-order valence-corrected chi connectivity index (χ4v) is 4.56. The number of rotatable bonds is 9. The molecule has 4 rings (SSSR count). The van der Waals surface area contributed by atoms with Crippen molar-refractivity contribution >= 4 is 6.08 Å². The number of halogens is 1. The Bertz CT molecular complexity index is 778. The highest BCUT2D eigenvalue weighted by Crippen LogP contribution is 2.22. The first-order chi connectivity index (χ1) is 14.8. The SMILES string of the molecule is Fc1ccccc1CN1CCC(CN(C/C=C/c2ccco2)CC2CCCO2)CC1. The maximum absolute atomic E-state index is 13.9. The molecule has 162 valence electrons. The molecular formula is C25H33FN2O2. The van der Waals surface area contributed by atoms with Crippen molar-refractivity contribution in [3.05, 3.63) is 65.9 Å². The van der Waals surface area contributed by atoms with Gasteiger partial charge in [-0.1, -0.05) is 24.3 Å². The van der Waals surface area contributed by atoms with Crippen molar-refractivity contribution in [2.45, 2.75) is 38.3 Å². The van der Waals surface area contributed by atoms with Gasteiger partial charge in [-0.2, -0.15) is 0 Å². The fourth-order valence-electron chi connectivity index (χ4n) is 4.56. The van der Waals surface area contributed by atoms with Gasteiger partial charge in [0.1, 0.15) is 11.6 Å². The van der Waals surface area contributed by atoms with Gasteiger partial charge >= 0.3 is 0 Å². The van der Waals surface area contributed by atoms with Crippen LogP contribution < -0.4 is 0 Å². The average Bonchev–Trinajstić information content (AvgIpc) is 3.45. The van der Waals surface area contributed by atoms with E-state index in [9.17, 15) is 4.39 Å². The standard InChI is InChI=1S/C25H33FN2O2/c26-25-10-2-1-6-22(25)19-27-14-11-21(12-15-27)18-28(20-24-9-5-17-30-24)13-3-7-23-8-4-16-29-23/h1-4,6-8,10,16,21,24H,5,9,11-15,17-20H2/b7-3+. The molecule has 0 aliphatic carbocycles. The molecule has 2 aliphatic heterocycles. The van der Waals surface area contributed by atoms with Crippen LogP contribution in [0.3, 0.4) is 0 Å². The van der Waals surface area contributed by atoms with E-state index in [1.165, 1.54) is 25.7 Å². The molecule has 2 aromatic rings. The maximum Gasteiger partial charge on any atom is 0.127 e. The van der Waals surface area contributed by atoms with Crippen molar-refractivity contribution in [3.63, 3.8) is 0 Å². The molecular weight excluding hydrogens is 379 g/mol. The second-order valence-corrected chi connectivity index (χ2v) is 8.58. The van der Waals surface area contributed by atoms with Crippen LogP contribution >= 0.6 is 0 Å². The Morgan fingerprint density at radius 3 is 2.67 bits per heavy atom. The summed E-state index contributed by atoms with van der Waals surface area (Å²) < 4.78 is 25.2. The number of furan rings is 1. The molecule has 5 heteroatoms. The Balaban J connectivity index is 1.27. The van der Waals surface area contributed by atoms with Gasteiger partial charge in [0.2, 0.25) is 0 Å². The molecule has 0 radical (unpaired) electrons. The summed E-state index contributed by atoms with van der Waals surface area (Å²) in [6, 6.07) is 11.0. The number of benzene rings is 1. The lowest BCUT2D eigenvalue weighted by atomic mass is 9.95. The van der Waals surface area contributed by atoms with Gasteiger partial charge < -0.3 is 9.15 Å². The first-order valence-corrected chi connectivity index (χ1v) is 11.3. The zero-order chi connectivity index (χ0) is 20.6. The van der Waals surface area contributed by atoms with Crippen LogP contribution in [0.1, 0.15) is 37.0 Å². The van der Waals surface area contributed by atoms with Crippen molar-refractivity contribution in [3.8, 4) is 0 Å². The van der Waals surface area contributed by atoms with Crippen molar-refractivity contribution in [2.24, 2.45) is 5.92 Å². The monoisotopic (exact) mass is 412 g/mol. The highest BCUT2D eigenvalue weighted by Gasteiger charge is 2.24. The highest BCUT2D eigenvalue weighted by molar-refractivity contribution is 5.42. The minimum Gasteiger partial charge on any atom is -0.465 e. The quantitative estimate of drug-likeness (QED) is 0.590. The average molecular weight is 413 g/mol. The van der Waals surface area contributed by atoms with Crippen LogP contribution in [0.2, 0.25) is 0 Å². The number of ether oxygens (including phenoxy) is 1. The topological polar surface area (TPSA) is 28.9 Å². The first kappa shape index (κ1) is 21.3. The van der Waals surface area contributed by atoms with E-state index in [0.29, 0.717) is 18.6 Å². The van der Waals surface area contributed by atoms with Gasteiger partial charge in [0.15, 0.2) is 0 Å². The molecule has 1 unspecified atom stereocenters. The van der Waals surface area contributed by atoms with E-state index in [1.54, 1.807) is 18.4 Å². The molecule has 3 heterocycles. The lowest BCUT2D eigenvalue weighted by Crippen LogP contribution is -2.41. The zero-order valence-electron chi connectivity index (χ0n) is 17.7. The molecule has 0 bridgehead atoms. The first-order valence-electron chi connectivity index (χ1n) is 11.3. The Labute approximate surface area is 179 Å². The molecule has 1 aromatic heterocycles. The predicted octanol–water partition coefficient (Wildman–Crippen LogP) is 4.83. The fraction of sp³-hybridized carbons (Fsp3) is 0.520. The minimum atomic E-state index is -0.0919. The third-order valence-corrected chi connectivity index (χ3v) is 6.25. The summed E-state index contributed by atoms with van der Waals surface area (Å²) in [5, 5.41) is 0. The molecule has 4 nitrogen and oxygen atoms in total. The van der Waals surface area contributed by atoms with Crippen LogP contribution in [0, 0.1) is 11.7 Å². The van der Waals surface area contributed by atoms with E-state index in [0.717, 1.165) is 50.7 Å². The maximum atomic E-state index is 13.9. The van der Waals surface area contributed by atoms with Crippen LogP contribution in [-0.4, -0.2) is 55.2 Å². The molecule has 1 aromatic carbocycles. The van der Waals surface area contributed by atoms with E-state index in [1.807, 2.05) is 24.3 Å². The van der Waals surface area contributed by atoms with Gasteiger partial charge in [0.25, 0.3) is 0 Å². The normalized spacial score (nSPS) is 21.2. The molecule has 0 saturated carbocycles. The molecule has 1 atom stereocenters. The van der Waals surface area contributed by atoms with E-state index in [-0.39, 0.29) is 5.82 Å². The van der Waals surface area contributed by atoms with Crippen molar-refractivity contribution in [1.29, 1.82) is 0 Å². The number of hydrogen-bond donors (Lipinski definition) is 0. The summed E-state index contributed by atoms with van der Waals surface area (Å²) in [6.07, 6.45) is 11.0. The van der Waals surface area contributed by atoms with Gasteiger partial charge in [-0.15, -0.1) is 0 Å². The zero-order valence-corrected chi connectivity index (χ0v) is 17.7. The number of hydrogen-bond acceptors (Lipinski definition) is 4. The summed E-state index contributed by atoms with van der Waals surface area (Å²) in [5.74, 6) is 1.49. The van der Waals surface area contributed by atoms with Gasteiger partial charge in [-0.05, 0) is 69.0 Å². The van der Waals surface area contributed by atoms with Crippen LogP contribution in [0.4, 0.5) is 4.39 Å². The molecule has 2 saturated heterocycles. The van der Waals surface area contributed by atoms with Crippen LogP contribution in [0.25, 0.3) is 6.08 Å². The van der Waals surface area contributed by atoms with Gasteiger partial charge in [-0.3, -0.25) is 9.80 Å². The van der Waals surface area contributed by atoms with Crippen LogP contribution in [-0.2, 0) is 11.3 Å². The van der Waals surface area contributed by atoms with E-state index in [2.05, 4.69) is 22.0 Å². The largest absolute Gasteiger partial charge is 0.465 e. The van der Waals surface area contributed by atoms with Crippen LogP contribution in [0.5, 0.6) is 0 Å². The van der Waals surface area contributed by atoms with Crippen molar-refractivity contribution in [1.82, 2.24) is 9.80 Å². The minimum absolute atomic E-state index is 0.0919. The second-order valence-electron chi connectivity index (χ2n) is 8.58. The Hall–Kier alpha value is -1.95. The number of piperidine rings is 1. The van der Waals surface area contributed by atoms with Gasteiger partial charge in [-0.25, -0.2) is 4.39 Å². The van der Waals surface area contributed by atoms with Crippen molar-refractivity contribution < 1.29 is 13.5 Å². The summed E-state index contributed by atoms with van der Waals surface area (Å²) in [6.45, 7) is 6.69. The number of likely N-dealkylation sites (tertiary alicyclic amines) is 1. The third-order valence-electron chi connectivity index (χ3n) is 6.25. The summed E-state index contributed by atoms with van der Waals surface area (Å²) in [4.78, 5) is 4.92. The van der Waals surface area contributed by atoms with E-state index >= 15 is 0 Å². The summed E-state index contributed by atoms with van der Waals surface area (Å²) in [5.41, 5.74) is 0.805. The van der Waals surface area contributed by atoms with E-state index in [4.69, 9.17) is 9.15 Å². The lowest BCUT2D eigenvalue weighted by molar-refractivity contribution is 0.0645. The second kappa shape index (κ2) is 10.9. The molecule has 2 aliphatic rings. The molecule has 30 heavy (non-hydrogen) atoms. The Kier molecular flexibility index (Phi) is 7.73. The molecule has 0 amide bonds. The summed E-state index contributed by atoms with van der Waals surface area (Å²) in [7, 11) is 0. The van der Waals surface area contributed by atoms with Gasteiger partial charge in [0.05, 0.1) is 12.4 Å².